The van der Waals surface area contributed by atoms with Gasteiger partial charge in [-0.3, -0.25) is 10.4 Å². The predicted octanol–water partition coefficient (Wildman–Crippen LogP) is 6.64. The Kier molecular flexibility index (Phi) is 6.23. The number of anilines is 6. The van der Waals surface area contributed by atoms with Gasteiger partial charge in [-0.15, -0.1) is 0 Å². The number of halogens is 4. The third kappa shape index (κ3) is 5.09. The number of nitrogens with two attached hydrogens (primary N) is 1. The quantitative estimate of drug-likeness (QED) is 0.274. The van der Waals surface area contributed by atoms with Crippen molar-refractivity contribution in [2.45, 2.75) is 6.18 Å². The highest BCUT2D eigenvalue weighted by Gasteiger charge is 2.33. The van der Waals surface area contributed by atoms with E-state index in [9.17, 15) is 13.2 Å². The highest BCUT2D eigenvalue weighted by Crippen LogP contribution is 2.37. The molecule has 1 heterocycles. The van der Waals surface area contributed by atoms with Crippen molar-refractivity contribution in [2.75, 3.05) is 21.5 Å². The second-order valence-corrected chi connectivity index (χ2v) is 7.33. The van der Waals surface area contributed by atoms with Crippen LogP contribution in [0.5, 0.6) is 0 Å². The maximum Gasteiger partial charge on any atom is 0.417 e. The standard InChI is InChI=1S/C23H18ClF3N6/c24-19-12-11-15(13-18(19)23(25,26)27)31-21-20(28)22(30-14-29-21)32-33(16-7-3-1-4-8-16)17-9-5-2-6-10-17/h1-14H,28H2,(H2,29,30,31,32). The molecule has 0 atom stereocenters. The van der Waals surface area contributed by atoms with E-state index in [-0.39, 0.29) is 23.0 Å². The van der Waals surface area contributed by atoms with Crippen LogP contribution in [0.4, 0.5) is 47.6 Å². The van der Waals surface area contributed by atoms with Gasteiger partial charge in [0.15, 0.2) is 11.6 Å². The highest BCUT2D eigenvalue weighted by atomic mass is 35.5. The topological polar surface area (TPSA) is 79.1 Å². The molecule has 0 aliphatic rings. The van der Waals surface area contributed by atoms with Gasteiger partial charge >= 0.3 is 6.18 Å². The average Bonchev–Trinajstić information content (AvgIpc) is 2.81. The number of nitrogens with zero attached hydrogens (tertiary/aromatic N) is 3. The van der Waals surface area contributed by atoms with Gasteiger partial charge < -0.3 is 11.1 Å². The van der Waals surface area contributed by atoms with E-state index in [0.29, 0.717) is 0 Å². The van der Waals surface area contributed by atoms with E-state index >= 15 is 0 Å². The summed E-state index contributed by atoms with van der Waals surface area (Å²) in [6, 6.07) is 22.5. The van der Waals surface area contributed by atoms with Crippen LogP contribution < -0.4 is 21.5 Å². The van der Waals surface area contributed by atoms with E-state index < -0.39 is 16.8 Å². The second kappa shape index (κ2) is 9.25. The van der Waals surface area contributed by atoms with E-state index in [1.54, 1.807) is 5.01 Å². The van der Waals surface area contributed by atoms with Gasteiger partial charge in [0.2, 0.25) is 0 Å². The molecule has 4 N–H and O–H groups in total. The smallest absolute Gasteiger partial charge is 0.393 e. The number of hydrazine groups is 1. The predicted molar refractivity (Wildman–Crippen MR) is 125 cm³/mol. The van der Waals surface area contributed by atoms with Crippen LogP contribution in [-0.2, 0) is 6.18 Å². The fourth-order valence-corrected chi connectivity index (χ4v) is 3.30. The fourth-order valence-electron chi connectivity index (χ4n) is 3.08. The van der Waals surface area contributed by atoms with Crippen molar-refractivity contribution in [3.63, 3.8) is 0 Å². The number of alkyl halides is 3. The summed E-state index contributed by atoms with van der Waals surface area (Å²) in [5, 5.41) is 4.20. The number of nitrogen functional groups attached to an aromatic ring is 1. The molecular weight excluding hydrogens is 453 g/mol. The van der Waals surface area contributed by atoms with Crippen LogP contribution in [0.3, 0.4) is 0 Å². The number of nitrogens with one attached hydrogen (secondary N) is 2. The zero-order chi connectivity index (χ0) is 23.4. The van der Waals surface area contributed by atoms with Crippen LogP contribution in [-0.4, -0.2) is 9.97 Å². The minimum Gasteiger partial charge on any atom is -0.393 e. The largest absolute Gasteiger partial charge is 0.417 e. The molecule has 0 unspecified atom stereocenters. The van der Waals surface area contributed by atoms with Crippen LogP contribution in [0.2, 0.25) is 5.02 Å². The molecule has 0 saturated carbocycles. The summed E-state index contributed by atoms with van der Waals surface area (Å²) in [5.41, 5.74) is 10.4. The van der Waals surface area contributed by atoms with E-state index in [0.717, 1.165) is 23.5 Å². The molecule has 0 amide bonds. The number of rotatable bonds is 6. The third-order valence-corrected chi connectivity index (χ3v) is 4.99. The normalized spacial score (nSPS) is 11.2. The summed E-state index contributed by atoms with van der Waals surface area (Å²) < 4.78 is 39.6. The highest BCUT2D eigenvalue weighted by molar-refractivity contribution is 6.31. The molecule has 33 heavy (non-hydrogen) atoms. The van der Waals surface area contributed by atoms with Crippen LogP contribution >= 0.6 is 11.6 Å². The first kappa shape index (κ1) is 22.2. The lowest BCUT2D eigenvalue weighted by Crippen LogP contribution is -2.26. The molecule has 4 aromatic rings. The first-order valence-electron chi connectivity index (χ1n) is 9.74. The van der Waals surface area contributed by atoms with Gasteiger partial charge in [-0.1, -0.05) is 48.0 Å². The lowest BCUT2D eigenvalue weighted by Gasteiger charge is -2.26. The van der Waals surface area contributed by atoms with Crippen molar-refractivity contribution in [1.82, 2.24) is 9.97 Å². The molecule has 168 valence electrons. The van der Waals surface area contributed by atoms with Crippen LogP contribution in [0, 0.1) is 0 Å². The Labute approximate surface area is 192 Å². The van der Waals surface area contributed by atoms with Gasteiger partial charge in [-0.2, -0.15) is 13.2 Å². The number of aromatic nitrogens is 2. The Balaban J connectivity index is 1.66. The minimum atomic E-state index is -4.59. The van der Waals surface area contributed by atoms with Gasteiger partial charge in [0.05, 0.1) is 22.0 Å². The Morgan fingerprint density at radius 2 is 1.39 bits per heavy atom. The fraction of sp³-hybridized carbons (Fsp3) is 0.0435. The Morgan fingerprint density at radius 1 is 0.818 bits per heavy atom. The summed E-state index contributed by atoms with van der Waals surface area (Å²) in [4.78, 5) is 8.29. The van der Waals surface area contributed by atoms with E-state index in [1.165, 1.54) is 12.4 Å². The lowest BCUT2D eigenvalue weighted by molar-refractivity contribution is -0.137. The Morgan fingerprint density at radius 3 is 1.97 bits per heavy atom. The molecule has 4 rings (SSSR count). The molecule has 3 aromatic carbocycles. The van der Waals surface area contributed by atoms with Gasteiger partial charge in [0.25, 0.3) is 0 Å². The maximum absolute atomic E-state index is 13.2. The molecule has 0 saturated heterocycles. The molecule has 0 aliphatic heterocycles. The van der Waals surface area contributed by atoms with Gasteiger partial charge in [-0.25, -0.2) is 9.97 Å². The second-order valence-electron chi connectivity index (χ2n) is 6.92. The first-order chi connectivity index (χ1) is 15.8. The average molecular weight is 471 g/mol. The van der Waals surface area contributed by atoms with Gasteiger partial charge in [0, 0.05) is 5.69 Å². The molecular formula is C23H18ClF3N6. The zero-order valence-corrected chi connectivity index (χ0v) is 17.8. The lowest BCUT2D eigenvalue weighted by atomic mass is 10.2. The van der Waals surface area contributed by atoms with Gasteiger partial charge in [-0.05, 0) is 42.5 Å². The number of para-hydroxylation sites is 2. The zero-order valence-electron chi connectivity index (χ0n) is 17.0. The van der Waals surface area contributed by atoms with E-state index in [4.69, 9.17) is 17.3 Å². The SMILES string of the molecule is Nc1c(Nc2ccc(Cl)c(C(F)(F)F)c2)ncnc1NN(c1ccccc1)c1ccccc1. The number of benzene rings is 3. The molecule has 0 radical (unpaired) electrons. The Hall–Kier alpha value is -3.98. The maximum atomic E-state index is 13.2. The van der Waals surface area contributed by atoms with Crippen molar-refractivity contribution in [1.29, 1.82) is 0 Å². The van der Waals surface area contributed by atoms with Crippen molar-refractivity contribution in [3.8, 4) is 0 Å². The molecule has 0 aliphatic carbocycles. The third-order valence-electron chi connectivity index (χ3n) is 4.66. The molecule has 0 bridgehead atoms. The summed E-state index contributed by atoms with van der Waals surface area (Å²) >= 11 is 5.70. The summed E-state index contributed by atoms with van der Waals surface area (Å²) in [6.07, 6.45) is -3.33. The van der Waals surface area contributed by atoms with Crippen LogP contribution in [0.25, 0.3) is 0 Å². The molecule has 0 fully saturated rings. The molecule has 0 spiro atoms. The first-order valence-corrected chi connectivity index (χ1v) is 10.1. The number of hydrogen-bond acceptors (Lipinski definition) is 6. The summed E-state index contributed by atoms with van der Waals surface area (Å²) in [5.74, 6) is 0.411. The van der Waals surface area contributed by atoms with Crippen LogP contribution in [0.1, 0.15) is 5.56 Å². The molecule has 10 heteroatoms. The van der Waals surface area contributed by atoms with Crippen molar-refractivity contribution in [2.24, 2.45) is 0 Å². The molecule has 1 aromatic heterocycles. The summed E-state index contributed by atoms with van der Waals surface area (Å²) in [6.45, 7) is 0. The van der Waals surface area contributed by atoms with E-state index in [2.05, 4.69) is 20.7 Å². The summed E-state index contributed by atoms with van der Waals surface area (Å²) in [7, 11) is 0. The molecule has 6 nitrogen and oxygen atoms in total. The van der Waals surface area contributed by atoms with Crippen molar-refractivity contribution < 1.29 is 13.2 Å². The minimum absolute atomic E-state index is 0.123. The van der Waals surface area contributed by atoms with Crippen molar-refractivity contribution >= 4 is 46.0 Å². The Bertz CT molecular complexity index is 1200. The van der Waals surface area contributed by atoms with Gasteiger partial charge in [0.1, 0.15) is 12.0 Å². The van der Waals surface area contributed by atoms with E-state index in [1.807, 2.05) is 60.7 Å². The number of hydrogen-bond donors (Lipinski definition) is 3. The van der Waals surface area contributed by atoms with Crippen molar-refractivity contribution in [3.05, 3.63) is 95.8 Å². The monoisotopic (exact) mass is 470 g/mol. The van der Waals surface area contributed by atoms with Crippen LogP contribution in [0.15, 0.2) is 85.2 Å².